The first kappa shape index (κ1) is 14.4. The van der Waals surface area contributed by atoms with Crippen LogP contribution in [0, 0.1) is 10.1 Å². The number of aromatic nitrogens is 1. The molecule has 0 spiro atoms. The monoisotopic (exact) mass is 278 g/mol. The number of hydrogen-bond donors (Lipinski definition) is 0. The van der Waals surface area contributed by atoms with Crippen molar-refractivity contribution in [1.82, 2.24) is 4.98 Å². The summed E-state index contributed by atoms with van der Waals surface area (Å²) in [6, 6.07) is 1.56. The van der Waals surface area contributed by atoms with Gasteiger partial charge >= 0.3 is 5.97 Å². The molecule has 0 radical (unpaired) electrons. The lowest BCUT2D eigenvalue weighted by atomic mass is 9.87. The van der Waals surface area contributed by atoms with Crippen LogP contribution in [0.3, 0.4) is 0 Å². The third-order valence-electron chi connectivity index (χ3n) is 3.61. The number of fused-ring (bicyclic) bond motifs is 1. The van der Waals surface area contributed by atoms with E-state index < -0.39 is 16.3 Å². The molecule has 0 N–H and O–H groups in total. The molecule has 6 nitrogen and oxygen atoms in total. The molecule has 1 heterocycles. The second-order valence-electron chi connectivity index (χ2n) is 5.42. The molecule has 0 aromatic carbocycles. The van der Waals surface area contributed by atoms with E-state index in [9.17, 15) is 14.9 Å². The fourth-order valence-corrected chi connectivity index (χ4v) is 2.47. The van der Waals surface area contributed by atoms with E-state index in [2.05, 4.69) is 4.98 Å². The quantitative estimate of drug-likeness (QED) is 0.479. The molecule has 0 bridgehead atoms. The van der Waals surface area contributed by atoms with Gasteiger partial charge < -0.3 is 4.74 Å². The zero-order valence-electron chi connectivity index (χ0n) is 11.9. The van der Waals surface area contributed by atoms with Gasteiger partial charge in [-0.1, -0.05) is 0 Å². The van der Waals surface area contributed by atoms with Crippen LogP contribution in [-0.4, -0.2) is 22.5 Å². The number of ether oxygens (including phenoxy) is 1. The maximum Gasteiger partial charge on any atom is 0.317 e. The van der Waals surface area contributed by atoms with Crippen molar-refractivity contribution < 1.29 is 14.5 Å². The van der Waals surface area contributed by atoms with Gasteiger partial charge in [0, 0.05) is 11.8 Å². The first-order chi connectivity index (χ1) is 9.37. The lowest BCUT2D eigenvalue weighted by Gasteiger charge is -2.22. The summed E-state index contributed by atoms with van der Waals surface area (Å²) in [5.41, 5.74) is 0.754. The fourth-order valence-electron chi connectivity index (χ4n) is 2.47. The molecule has 0 atom stereocenters. The SMILES string of the molecule is CCOC(=O)C(C)(C)c1nc2c(cc1[N+](=O)[O-])CCC2. The molecule has 6 heteroatoms. The Morgan fingerprint density at radius 3 is 2.80 bits per heavy atom. The number of rotatable bonds is 4. The molecule has 108 valence electrons. The molecule has 20 heavy (non-hydrogen) atoms. The van der Waals surface area contributed by atoms with E-state index in [0.29, 0.717) is 0 Å². The van der Waals surface area contributed by atoms with Crippen molar-refractivity contribution in [3.05, 3.63) is 33.1 Å². The van der Waals surface area contributed by atoms with Crippen LogP contribution in [0.4, 0.5) is 5.69 Å². The summed E-state index contributed by atoms with van der Waals surface area (Å²) < 4.78 is 5.01. The molecule has 0 fully saturated rings. The standard InChI is InChI=1S/C14H18N2O4/c1-4-20-13(17)14(2,3)12-11(16(18)19)8-9-6-5-7-10(9)15-12/h8H,4-7H2,1-3H3. The van der Waals surface area contributed by atoms with Crippen molar-refractivity contribution in [2.75, 3.05) is 6.61 Å². The summed E-state index contributed by atoms with van der Waals surface area (Å²) in [6.07, 6.45) is 2.56. The van der Waals surface area contributed by atoms with Gasteiger partial charge in [-0.2, -0.15) is 0 Å². The predicted molar refractivity (Wildman–Crippen MR) is 72.6 cm³/mol. The second kappa shape index (κ2) is 5.19. The Kier molecular flexibility index (Phi) is 3.74. The number of nitro groups is 1. The van der Waals surface area contributed by atoms with E-state index in [-0.39, 0.29) is 18.0 Å². The summed E-state index contributed by atoms with van der Waals surface area (Å²) in [5, 5.41) is 11.3. The molecule has 2 rings (SSSR count). The first-order valence-corrected chi connectivity index (χ1v) is 6.72. The lowest BCUT2D eigenvalue weighted by Crippen LogP contribution is -2.33. The Morgan fingerprint density at radius 2 is 2.20 bits per heavy atom. The molecule has 1 aromatic heterocycles. The highest BCUT2D eigenvalue weighted by Gasteiger charge is 2.40. The lowest BCUT2D eigenvalue weighted by molar-refractivity contribution is -0.386. The van der Waals surface area contributed by atoms with Crippen LogP contribution < -0.4 is 0 Å². The molecule has 1 aliphatic rings. The highest BCUT2D eigenvalue weighted by atomic mass is 16.6. The summed E-state index contributed by atoms with van der Waals surface area (Å²) in [4.78, 5) is 27.3. The molecule has 0 saturated heterocycles. The maximum atomic E-state index is 12.1. The molecular formula is C14H18N2O4. The number of hydrogen-bond acceptors (Lipinski definition) is 5. The zero-order chi connectivity index (χ0) is 14.9. The van der Waals surface area contributed by atoms with Gasteiger partial charge in [0.25, 0.3) is 5.69 Å². The van der Waals surface area contributed by atoms with E-state index >= 15 is 0 Å². The second-order valence-corrected chi connectivity index (χ2v) is 5.42. The van der Waals surface area contributed by atoms with Gasteiger partial charge in [-0.3, -0.25) is 14.9 Å². The molecule has 0 saturated carbocycles. The number of aryl methyl sites for hydroxylation is 2. The molecule has 0 amide bonds. The Labute approximate surface area is 117 Å². The minimum Gasteiger partial charge on any atom is -0.465 e. The maximum absolute atomic E-state index is 12.1. The van der Waals surface area contributed by atoms with E-state index in [1.807, 2.05) is 0 Å². The first-order valence-electron chi connectivity index (χ1n) is 6.72. The van der Waals surface area contributed by atoms with Crippen molar-refractivity contribution in [1.29, 1.82) is 0 Å². The Bertz CT molecular complexity index is 567. The van der Waals surface area contributed by atoms with Crippen molar-refractivity contribution in [3.63, 3.8) is 0 Å². The largest absolute Gasteiger partial charge is 0.465 e. The van der Waals surface area contributed by atoms with Crippen molar-refractivity contribution in [2.45, 2.75) is 45.4 Å². The van der Waals surface area contributed by atoms with E-state index in [1.165, 1.54) is 0 Å². The van der Waals surface area contributed by atoms with Crippen LogP contribution in [0.5, 0.6) is 0 Å². The van der Waals surface area contributed by atoms with Crippen LogP contribution in [0.2, 0.25) is 0 Å². The van der Waals surface area contributed by atoms with Crippen molar-refractivity contribution >= 4 is 11.7 Å². The minimum atomic E-state index is -1.13. The molecule has 0 aliphatic heterocycles. The smallest absolute Gasteiger partial charge is 0.317 e. The van der Waals surface area contributed by atoms with Gasteiger partial charge in [0.2, 0.25) is 0 Å². The summed E-state index contributed by atoms with van der Waals surface area (Å²) in [6.45, 7) is 5.17. The Hall–Kier alpha value is -1.98. The summed E-state index contributed by atoms with van der Waals surface area (Å²) in [7, 11) is 0. The van der Waals surface area contributed by atoms with Crippen molar-refractivity contribution in [2.24, 2.45) is 0 Å². The predicted octanol–water partition coefficient (Wildman–Crippen LogP) is 2.32. The summed E-state index contributed by atoms with van der Waals surface area (Å²) >= 11 is 0. The van der Waals surface area contributed by atoms with Crippen LogP contribution >= 0.6 is 0 Å². The normalized spacial score (nSPS) is 13.9. The van der Waals surface area contributed by atoms with Crippen LogP contribution in [-0.2, 0) is 27.8 Å². The van der Waals surface area contributed by atoms with Gasteiger partial charge in [0.15, 0.2) is 0 Å². The van der Waals surface area contributed by atoms with Gasteiger partial charge in [0.1, 0.15) is 11.1 Å². The summed E-state index contributed by atoms with van der Waals surface area (Å²) in [5.74, 6) is -0.492. The van der Waals surface area contributed by atoms with Crippen LogP contribution in [0.25, 0.3) is 0 Å². The van der Waals surface area contributed by atoms with Crippen molar-refractivity contribution in [3.8, 4) is 0 Å². The molecule has 1 aromatic rings. The molecular weight excluding hydrogens is 260 g/mol. The highest BCUT2D eigenvalue weighted by molar-refractivity contribution is 5.83. The van der Waals surface area contributed by atoms with Gasteiger partial charge in [-0.05, 0) is 45.6 Å². The average molecular weight is 278 g/mol. The van der Waals surface area contributed by atoms with Crippen LogP contribution in [0.1, 0.15) is 44.1 Å². The minimum absolute atomic E-state index is 0.0938. The van der Waals surface area contributed by atoms with E-state index in [4.69, 9.17) is 4.74 Å². The number of pyridine rings is 1. The van der Waals surface area contributed by atoms with Gasteiger partial charge in [-0.25, -0.2) is 4.98 Å². The topological polar surface area (TPSA) is 82.3 Å². The number of carbonyl (C=O) groups excluding carboxylic acids is 1. The number of esters is 1. The van der Waals surface area contributed by atoms with Crippen LogP contribution in [0.15, 0.2) is 6.07 Å². The fraction of sp³-hybridized carbons (Fsp3) is 0.571. The highest BCUT2D eigenvalue weighted by Crippen LogP contribution is 2.35. The van der Waals surface area contributed by atoms with Gasteiger partial charge in [-0.15, -0.1) is 0 Å². The Morgan fingerprint density at radius 1 is 1.50 bits per heavy atom. The Balaban J connectivity index is 2.54. The third kappa shape index (κ3) is 2.37. The van der Waals surface area contributed by atoms with Gasteiger partial charge in [0.05, 0.1) is 11.5 Å². The average Bonchev–Trinajstić information content (AvgIpc) is 2.84. The number of nitrogens with zero attached hydrogens (tertiary/aromatic N) is 2. The third-order valence-corrected chi connectivity index (χ3v) is 3.61. The molecule has 0 unspecified atom stereocenters. The number of carbonyl (C=O) groups is 1. The van der Waals surface area contributed by atoms with E-state index in [0.717, 1.165) is 30.5 Å². The zero-order valence-corrected chi connectivity index (χ0v) is 11.9. The van der Waals surface area contributed by atoms with E-state index in [1.54, 1.807) is 26.8 Å². The molecule has 1 aliphatic carbocycles.